The van der Waals surface area contributed by atoms with E-state index in [2.05, 4.69) is 16.4 Å². The molecule has 7 heteroatoms. The molecule has 27 heavy (non-hydrogen) atoms. The van der Waals surface area contributed by atoms with Gasteiger partial charge in [-0.25, -0.2) is 0 Å². The molecular formula is C20H19N3O4. The van der Waals surface area contributed by atoms with Gasteiger partial charge < -0.3 is 24.5 Å². The van der Waals surface area contributed by atoms with Crippen LogP contribution in [0.1, 0.15) is 21.6 Å². The van der Waals surface area contributed by atoms with Crippen LogP contribution < -0.4 is 19.5 Å². The number of methoxy groups -OCH3 is 3. The van der Waals surface area contributed by atoms with Crippen LogP contribution in [-0.4, -0.2) is 32.2 Å². The number of rotatable bonds is 6. The largest absolute Gasteiger partial charge is 0.496 e. The van der Waals surface area contributed by atoms with Crippen molar-refractivity contribution in [3.05, 3.63) is 53.2 Å². The minimum atomic E-state index is -0.265. The summed E-state index contributed by atoms with van der Waals surface area (Å²) in [6.45, 7) is 0.345. The molecule has 1 aromatic heterocycles. The monoisotopic (exact) mass is 365 g/mol. The molecule has 3 aromatic rings. The first-order chi connectivity index (χ1) is 13.1. The van der Waals surface area contributed by atoms with E-state index in [4.69, 9.17) is 19.5 Å². The van der Waals surface area contributed by atoms with Gasteiger partial charge in [0.2, 0.25) is 0 Å². The number of fused-ring (bicyclic) bond motifs is 1. The van der Waals surface area contributed by atoms with Crippen molar-refractivity contribution in [1.29, 1.82) is 5.26 Å². The summed E-state index contributed by atoms with van der Waals surface area (Å²) in [4.78, 5) is 15.6. The fourth-order valence-electron chi connectivity index (χ4n) is 2.83. The van der Waals surface area contributed by atoms with Gasteiger partial charge in [-0.15, -0.1) is 0 Å². The third kappa shape index (κ3) is 3.51. The molecule has 0 unspecified atom stereocenters. The molecule has 0 fully saturated rings. The summed E-state index contributed by atoms with van der Waals surface area (Å²) in [5.41, 5.74) is 2.48. The summed E-state index contributed by atoms with van der Waals surface area (Å²) in [7, 11) is 4.63. The summed E-state index contributed by atoms with van der Waals surface area (Å²) in [5.74, 6) is 1.32. The van der Waals surface area contributed by atoms with Crippen molar-refractivity contribution >= 4 is 16.8 Å². The zero-order valence-electron chi connectivity index (χ0n) is 15.3. The molecule has 1 heterocycles. The minimum absolute atomic E-state index is 0.265. The lowest BCUT2D eigenvalue weighted by molar-refractivity contribution is 0.0946. The van der Waals surface area contributed by atoms with Gasteiger partial charge in [-0.2, -0.15) is 5.26 Å². The Hall–Kier alpha value is -3.66. The normalized spacial score (nSPS) is 10.3. The van der Waals surface area contributed by atoms with Crippen LogP contribution in [0.15, 0.2) is 36.4 Å². The number of benzene rings is 2. The smallest absolute Gasteiger partial charge is 0.268 e. The maximum atomic E-state index is 12.6. The van der Waals surface area contributed by atoms with Gasteiger partial charge in [0.05, 0.1) is 38.5 Å². The van der Waals surface area contributed by atoms with Crippen LogP contribution in [0.2, 0.25) is 0 Å². The van der Waals surface area contributed by atoms with E-state index in [0.29, 0.717) is 40.6 Å². The number of nitriles is 1. The van der Waals surface area contributed by atoms with Crippen molar-refractivity contribution in [1.82, 2.24) is 10.3 Å². The van der Waals surface area contributed by atoms with Crippen LogP contribution in [0.4, 0.5) is 0 Å². The molecular weight excluding hydrogens is 346 g/mol. The number of nitrogens with zero attached hydrogens (tertiary/aromatic N) is 1. The molecule has 0 bridgehead atoms. The van der Waals surface area contributed by atoms with E-state index in [1.807, 2.05) is 0 Å². The molecule has 1 amide bonds. The summed E-state index contributed by atoms with van der Waals surface area (Å²) in [6, 6.07) is 12.5. The van der Waals surface area contributed by atoms with Crippen molar-refractivity contribution in [2.24, 2.45) is 0 Å². The van der Waals surface area contributed by atoms with Crippen LogP contribution in [0, 0.1) is 11.3 Å². The van der Waals surface area contributed by atoms with Crippen LogP contribution in [0.25, 0.3) is 10.9 Å². The maximum Gasteiger partial charge on any atom is 0.268 e. The highest BCUT2D eigenvalue weighted by atomic mass is 16.5. The Bertz CT molecular complexity index is 1020. The number of amides is 1. The topological polar surface area (TPSA) is 96.4 Å². The molecule has 138 valence electrons. The predicted molar refractivity (Wildman–Crippen MR) is 100 cm³/mol. The van der Waals surface area contributed by atoms with Gasteiger partial charge in [0.25, 0.3) is 5.91 Å². The second-order valence-electron chi connectivity index (χ2n) is 5.78. The third-order valence-electron chi connectivity index (χ3n) is 4.22. The Morgan fingerprint density at radius 3 is 2.37 bits per heavy atom. The zero-order chi connectivity index (χ0) is 19.4. The van der Waals surface area contributed by atoms with Crippen molar-refractivity contribution in [2.45, 2.75) is 6.54 Å². The third-order valence-corrected chi connectivity index (χ3v) is 4.22. The highest BCUT2D eigenvalue weighted by molar-refractivity contribution is 6.02. The number of carbonyl (C=O) groups excluding carboxylic acids is 1. The maximum absolute atomic E-state index is 12.6. The van der Waals surface area contributed by atoms with Crippen LogP contribution in [0.5, 0.6) is 17.2 Å². The number of hydrogen-bond donors (Lipinski definition) is 2. The minimum Gasteiger partial charge on any atom is -0.496 e. The van der Waals surface area contributed by atoms with Crippen molar-refractivity contribution in [2.75, 3.05) is 21.3 Å². The molecule has 0 saturated heterocycles. The SMILES string of the molecule is COc1cc(OC)c2cc(C(=O)NCc3ccc(C#N)cc3)[nH]c2c1OC. The quantitative estimate of drug-likeness (QED) is 0.700. The lowest BCUT2D eigenvalue weighted by atomic mass is 10.1. The average molecular weight is 365 g/mol. The second-order valence-corrected chi connectivity index (χ2v) is 5.78. The van der Waals surface area contributed by atoms with Gasteiger partial charge in [-0.05, 0) is 23.8 Å². The second kappa shape index (κ2) is 7.70. The van der Waals surface area contributed by atoms with Crippen molar-refractivity contribution in [3.8, 4) is 23.3 Å². The number of hydrogen-bond acceptors (Lipinski definition) is 5. The van der Waals surface area contributed by atoms with Crippen molar-refractivity contribution in [3.63, 3.8) is 0 Å². The van der Waals surface area contributed by atoms with E-state index in [-0.39, 0.29) is 5.91 Å². The Morgan fingerprint density at radius 2 is 1.78 bits per heavy atom. The van der Waals surface area contributed by atoms with Gasteiger partial charge in [0.15, 0.2) is 11.5 Å². The highest BCUT2D eigenvalue weighted by Gasteiger charge is 2.19. The van der Waals surface area contributed by atoms with Gasteiger partial charge in [0, 0.05) is 18.0 Å². The van der Waals surface area contributed by atoms with E-state index in [1.54, 1.807) is 43.5 Å². The summed E-state index contributed by atoms with van der Waals surface area (Å²) < 4.78 is 16.2. The fraction of sp³-hybridized carbons (Fsp3) is 0.200. The summed E-state index contributed by atoms with van der Waals surface area (Å²) >= 11 is 0. The predicted octanol–water partition coefficient (Wildman–Crippen LogP) is 3.00. The number of ether oxygens (including phenoxy) is 3. The number of aromatic amines is 1. The van der Waals surface area contributed by atoms with E-state index in [0.717, 1.165) is 10.9 Å². The first kappa shape index (κ1) is 18.1. The van der Waals surface area contributed by atoms with Gasteiger partial charge >= 0.3 is 0 Å². The molecule has 2 N–H and O–H groups in total. The Labute approximate surface area is 156 Å². The first-order valence-electron chi connectivity index (χ1n) is 8.20. The molecule has 0 saturated carbocycles. The van der Waals surface area contributed by atoms with Gasteiger partial charge in [-0.1, -0.05) is 12.1 Å². The Kier molecular flexibility index (Phi) is 5.18. The van der Waals surface area contributed by atoms with E-state index in [9.17, 15) is 4.79 Å². The Morgan fingerprint density at radius 1 is 1.07 bits per heavy atom. The molecule has 0 atom stereocenters. The molecule has 0 aliphatic rings. The van der Waals surface area contributed by atoms with Gasteiger partial charge in [-0.3, -0.25) is 4.79 Å². The number of H-pyrrole nitrogens is 1. The number of nitrogens with one attached hydrogen (secondary N) is 2. The fourth-order valence-corrected chi connectivity index (χ4v) is 2.83. The lowest BCUT2D eigenvalue weighted by Gasteiger charge is -2.11. The molecule has 0 radical (unpaired) electrons. The van der Waals surface area contributed by atoms with E-state index < -0.39 is 0 Å². The number of aromatic nitrogens is 1. The average Bonchev–Trinajstić information content (AvgIpc) is 3.16. The highest BCUT2D eigenvalue weighted by Crippen LogP contribution is 2.41. The summed E-state index contributed by atoms with van der Waals surface area (Å²) in [5, 5.41) is 12.4. The molecule has 2 aromatic carbocycles. The molecule has 3 rings (SSSR count). The lowest BCUT2D eigenvalue weighted by Crippen LogP contribution is -2.23. The zero-order valence-corrected chi connectivity index (χ0v) is 15.3. The van der Waals surface area contributed by atoms with Crippen LogP contribution >= 0.6 is 0 Å². The molecule has 0 aliphatic carbocycles. The van der Waals surface area contributed by atoms with Crippen LogP contribution in [0.3, 0.4) is 0 Å². The standard InChI is InChI=1S/C20H19N3O4/c1-25-16-9-17(26-2)19(27-3)18-14(16)8-15(23-18)20(24)22-11-13-6-4-12(10-21)5-7-13/h4-9,23H,11H2,1-3H3,(H,22,24). The van der Waals surface area contributed by atoms with E-state index >= 15 is 0 Å². The van der Waals surface area contributed by atoms with E-state index in [1.165, 1.54) is 14.2 Å². The Balaban J connectivity index is 1.87. The van der Waals surface area contributed by atoms with Crippen molar-refractivity contribution < 1.29 is 19.0 Å². The first-order valence-corrected chi connectivity index (χ1v) is 8.20. The summed E-state index contributed by atoms with van der Waals surface area (Å²) in [6.07, 6.45) is 0. The molecule has 0 aliphatic heterocycles. The molecule has 0 spiro atoms. The van der Waals surface area contributed by atoms with Crippen LogP contribution in [-0.2, 0) is 6.54 Å². The number of carbonyl (C=O) groups is 1. The van der Waals surface area contributed by atoms with Gasteiger partial charge in [0.1, 0.15) is 11.4 Å². The molecule has 7 nitrogen and oxygen atoms in total.